The standard InChI is InChI=1S/C18H35N3O2S/c1-21-17(12-23-16-10-6-9-15(11-16)22-2)19-20-18(21)24-13-14-7-4-3-5-8-14/h14-20H,3-13H2,1-2H3. The van der Waals surface area contributed by atoms with Crippen LogP contribution in [0.5, 0.6) is 0 Å². The van der Waals surface area contributed by atoms with Crippen molar-refractivity contribution < 1.29 is 9.47 Å². The topological polar surface area (TPSA) is 45.8 Å². The molecule has 3 aliphatic rings. The van der Waals surface area contributed by atoms with Crippen LogP contribution in [0.15, 0.2) is 0 Å². The molecule has 2 N–H and O–H groups in total. The summed E-state index contributed by atoms with van der Waals surface area (Å²) in [6, 6.07) is 0. The van der Waals surface area contributed by atoms with E-state index in [9.17, 15) is 0 Å². The van der Waals surface area contributed by atoms with Crippen LogP contribution in [0.2, 0.25) is 0 Å². The fourth-order valence-corrected chi connectivity index (χ4v) is 5.45. The van der Waals surface area contributed by atoms with Crippen LogP contribution in [-0.2, 0) is 9.47 Å². The Morgan fingerprint density at radius 2 is 1.79 bits per heavy atom. The molecule has 6 heteroatoms. The van der Waals surface area contributed by atoms with E-state index < -0.39 is 0 Å². The van der Waals surface area contributed by atoms with Gasteiger partial charge in [0.05, 0.1) is 25.0 Å². The van der Waals surface area contributed by atoms with Crippen LogP contribution in [0.3, 0.4) is 0 Å². The van der Waals surface area contributed by atoms with Gasteiger partial charge in [-0.15, -0.1) is 11.8 Å². The molecule has 2 aliphatic carbocycles. The molecule has 2 saturated carbocycles. The lowest BCUT2D eigenvalue weighted by Gasteiger charge is -2.30. The number of likely N-dealkylation sites (N-methyl/N-ethyl adjacent to an activating group) is 1. The zero-order valence-corrected chi connectivity index (χ0v) is 16.2. The van der Waals surface area contributed by atoms with Crippen molar-refractivity contribution in [3.05, 3.63) is 0 Å². The number of hydrazine groups is 1. The summed E-state index contributed by atoms with van der Waals surface area (Å²) >= 11 is 2.04. The molecule has 0 amide bonds. The van der Waals surface area contributed by atoms with E-state index in [2.05, 4.69) is 22.8 Å². The number of hydrogen-bond acceptors (Lipinski definition) is 6. The first-order chi connectivity index (χ1) is 11.8. The molecule has 3 fully saturated rings. The summed E-state index contributed by atoms with van der Waals surface area (Å²) in [6.45, 7) is 0.741. The smallest absolute Gasteiger partial charge is 0.122 e. The van der Waals surface area contributed by atoms with E-state index in [0.29, 0.717) is 17.7 Å². The highest BCUT2D eigenvalue weighted by Crippen LogP contribution is 2.29. The van der Waals surface area contributed by atoms with Gasteiger partial charge in [0, 0.05) is 7.11 Å². The third-order valence-corrected chi connectivity index (χ3v) is 7.28. The highest BCUT2D eigenvalue weighted by molar-refractivity contribution is 7.99. The van der Waals surface area contributed by atoms with Gasteiger partial charge in [0.15, 0.2) is 0 Å². The maximum absolute atomic E-state index is 6.18. The number of methoxy groups -OCH3 is 1. The lowest BCUT2D eigenvalue weighted by Crippen LogP contribution is -2.41. The van der Waals surface area contributed by atoms with E-state index in [-0.39, 0.29) is 6.17 Å². The number of nitrogens with zero attached hydrogens (tertiary/aromatic N) is 1. The summed E-state index contributed by atoms with van der Waals surface area (Å²) in [7, 11) is 4.01. The molecule has 4 atom stereocenters. The maximum Gasteiger partial charge on any atom is 0.122 e. The van der Waals surface area contributed by atoms with Crippen LogP contribution in [0, 0.1) is 5.92 Å². The minimum atomic E-state index is 0.261. The van der Waals surface area contributed by atoms with Gasteiger partial charge in [0.1, 0.15) is 5.50 Å². The first kappa shape index (κ1) is 18.9. The number of nitrogens with one attached hydrogen (secondary N) is 2. The fraction of sp³-hybridized carbons (Fsp3) is 1.00. The molecule has 1 aliphatic heterocycles. The van der Waals surface area contributed by atoms with Gasteiger partial charge in [-0.2, -0.15) is 0 Å². The van der Waals surface area contributed by atoms with Crippen molar-refractivity contribution >= 4 is 11.8 Å². The average Bonchev–Trinajstić information content (AvgIpc) is 2.99. The molecule has 0 radical (unpaired) electrons. The van der Waals surface area contributed by atoms with Crippen molar-refractivity contribution in [3.63, 3.8) is 0 Å². The van der Waals surface area contributed by atoms with Gasteiger partial charge in [0.2, 0.25) is 0 Å². The first-order valence-corrected chi connectivity index (χ1v) is 10.8. The lowest BCUT2D eigenvalue weighted by atomic mass is 9.91. The lowest BCUT2D eigenvalue weighted by molar-refractivity contribution is -0.0440. The maximum atomic E-state index is 6.18. The number of rotatable bonds is 7. The second-order valence-corrected chi connectivity index (χ2v) is 8.75. The van der Waals surface area contributed by atoms with E-state index in [1.165, 1.54) is 57.1 Å². The molecule has 4 unspecified atom stereocenters. The molecule has 140 valence electrons. The summed E-state index contributed by atoms with van der Waals surface area (Å²) in [6.07, 6.45) is 12.7. The van der Waals surface area contributed by atoms with Crippen LogP contribution in [0.1, 0.15) is 57.8 Å². The van der Waals surface area contributed by atoms with E-state index in [4.69, 9.17) is 9.47 Å². The van der Waals surface area contributed by atoms with Crippen molar-refractivity contribution in [2.45, 2.75) is 81.7 Å². The molecule has 0 aromatic carbocycles. The van der Waals surface area contributed by atoms with Gasteiger partial charge in [0.25, 0.3) is 0 Å². The molecule has 24 heavy (non-hydrogen) atoms. The Balaban J connectivity index is 1.35. The summed E-state index contributed by atoms with van der Waals surface area (Å²) < 4.78 is 11.7. The largest absolute Gasteiger partial charge is 0.381 e. The summed E-state index contributed by atoms with van der Waals surface area (Å²) in [4.78, 5) is 2.38. The molecule has 1 heterocycles. The van der Waals surface area contributed by atoms with Crippen molar-refractivity contribution in [3.8, 4) is 0 Å². The monoisotopic (exact) mass is 357 g/mol. The highest BCUT2D eigenvalue weighted by atomic mass is 32.2. The Hall–Kier alpha value is 0.150. The van der Waals surface area contributed by atoms with Gasteiger partial charge >= 0.3 is 0 Å². The quantitative estimate of drug-likeness (QED) is 0.730. The number of ether oxygens (including phenoxy) is 2. The molecule has 5 nitrogen and oxygen atoms in total. The Morgan fingerprint density at radius 1 is 1.00 bits per heavy atom. The third-order valence-electron chi connectivity index (χ3n) is 5.85. The SMILES string of the molecule is COC1CCCC(OCC2NNC(SCC3CCCCC3)N2C)C1. The zero-order valence-electron chi connectivity index (χ0n) is 15.3. The van der Waals surface area contributed by atoms with Crippen LogP contribution in [0.4, 0.5) is 0 Å². The van der Waals surface area contributed by atoms with Crippen LogP contribution in [-0.4, -0.2) is 55.3 Å². The predicted octanol–water partition coefficient (Wildman–Crippen LogP) is 2.92. The van der Waals surface area contributed by atoms with Gasteiger partial charge < -0.3 is 9.47 Å². The molecule has 1 saturated heterocycles. The van der Waals surface area contributed by atoms with Gasteiger partial charge in [-0.25, -0.2) is 10.9 Å². The van der Waals surface area contributed by atoms with Gasteiger partial charge in [-0.3, -0.25) is 4.90 Å². The van der Waals surface area contributed by atoms with E-state index in [1.807, 2.05) is 18.9 Å². The van der Waals surface area contributed by atoms with Gasteiger partial charge in [-0.1, -0.05) is 19.3 Å². The molecular weight excluding hydrogens is 322 g/mol. The van der Waals surface area contributed by atoms with Gasteiger partial charge in [-0.05, 0) is 57.2 Å². The number of hydrogen-bond donors (Lipinski definition) is 2. The minimum absolute atomic E-state index is 0.261. The van der Waals surface area contributed by atoms with E-state index in [0.717, 1.165) is 18.9 Å². The normalized spacial score (nSPS) is 36.2. The summed E-state index contributed by atoms with van der Waals surface area (Å²) in [5, 5.41) is 0. The molecule has 3 rings (SSSR count). The second kappa shape index (κ2) is 9.74. The second-order valence-electron chi connectivity index (χ2n) is 7.64. The zero-order chi connectivity index (χ0) is 16.8. The minimum Gasteiger partial charge on any atom is -0.381 e. The fourth-order valence-electron chi connectivity index (χ4n) is 4.13. The first-order valence-electron chi connectivity index (χ1n) is 9.75. The van der Waals surface area contributed by atoms with Crippen molar-refractivity contribution in [1.29, 1.82) is 0 Å². The Bertz CT molecular complexity index is 368. The molecular formula is C18H35N3O2S. The molecule has 0 aromatic rings. The van der Waals surface area contributed by atoms with Crippen molar-refractivity contribution in [2.75, 3.05) is 26.5 Å². The molecule has 0 bridgehead atoms. The Morgan fingerprint density at radius 3 is 2.58 bits per heavy atom. The van der Waals surface area contributed by atoms with Crippen LogP contribution < -0.4 is 10.9 Å². The third kappa shape index (κ3) is 5.32. The molecule has 0 spiro atoms. The van der Waals surface area contributed by atoms with Crippen molar-refractivity contribution in [2.24, 2.45) is 5.92 Å². The number of thioether (sulfide) groups is 1. The summed E-state index contributed by atoms with van der Waals surface area (Å²) in [5.41, 5.74) is 7.21. The van der Waals surface area contributed by atoms with E-state index in [1.54, 1.807) is 0 Å². The van der Waals surface area contributed by atoms with Crippen molar-refractivity contribution in [1.82, 2.24) is 15.8 Å². The summed E-state index contributed by atoms with van der Waals surface area (Å²) in [5.74, 6) is 2.19. The van der Waals surface area contributed by atoms with Crippen LogP contribution >= 0.6 is 11.8 Å². The predicted molar refractivity (Wildman–Crippen MR) is 99.6 cm³/mol. The molecule has 0 aromatic heterocycles. The van der Waals surface area contributed by atoms with E-state index >= 15 is 0 Å². The Kier molecular flexibility index (Phi) is 7.68. The Labute approximate surface area is 151 Å². The van der Waals surface area contributed by atoms with Crippen LogP contribution in [0.25, 0.3) is 0 Å². The average molecular weight is 358 g/mol. The highest BCUT2D eigenvalue weighted by Gasteiger charge is 2.32.